The van der Waals surface area contributed by atoms with Crippen LogP contribution in [0, 0.1) is 6.92 Å². The Morgan fingerprint density at radius 3 is 2.26 bits per heavy atom. The zero-order chi connectivity index (χ0) is 16.7. The maximum absolute atomic E-state index is 10.3. The van der Waals surface area contributed by atoms with Gasteiger partial charge >= 0.3 is 0 Å². The predicted molar refractivity (Wildman–Crippen MR) is 94.7 cm³/mol. The van der Waals surface area contributed by atoms with Crippen molar-refractivity contribution in [3.8, 4) is 5.75 Å². The van der Waals surface area contributed by atoms with Crippen molar-refractivity contribution in [3.63, 3.8) is 0 Å². The monoisotopic (exact) mass is 313 g/mol. The number of rotatable bonds is 8. The molecule has 124 valence electrons. The van der Waals surface area contributed by atoms with Gasteiger partial charge in [0.1, 0.15) is 18.5 Å². The van der Waals surface area contributed by atoms with E-state index in [0.29, 0.717) is 19.2 Å². The number of aryl methyl sites for hydroxylation is 1. The van der Waals surface area contributed by atoms with Gasteiger partial charge in [0.15, 0.2) is 0 Å². The number of para-hydroxylation sites is 1. The first-order valence-electron chi connectivity index (χ1n) is 8.20. The first-order valence-corrected chi connectivity index (χ1v) is 8.20. The zero-order valence-electron chi connectivity index (χ0n) is 14.3. The molecule has 1 unspecified atom stereocenters. The van der Waals surface area contributed by atoms with E-state index >= 15 is 0 Å². The fourth-order valence-electron chi connectivity index (χ4n) is 2.42. The van der Waals surface area contributed by atoms with Gasteiger partial charge < -0.3 is 9.84 Å². The summed E-state index contributed by atoms with van der Waals surface area (Å²) in [5.41, 5.74) is 2.53. The van der Waals surface area contributed by atoms with Gasteiger partial charge in [0, 0.05) is 19.1 Å². The molecule has 23 heavy (non-hydrogen) atoms. The molecule has 0 amide bonds. The molecule has 0 spiro atoms. The second-order valence-electron chi connectivity index (χ2n) is 6.29. The second-order valence-corrected chi connectivity index (χ2v) is 6.29. The van der Waals surface area contributed by atoms with Gasteiger partial charge in [-0.2, -0.15) is 0 Å². The minimum Gasteiger partial charge on any atom is -0.491 e. The van der Waals surface area contributed by atoms with Crippen molar-refractivity contribution in [2.45, 2.75) is 39.5 Å². The molecule has 2 aromatic carbocycles. The Morgan fingerprint density at radius 2 is 1.65 bits per heavy atom. The van der Waals surface area contributed by atoms with E-state index in [2.05, 4.69) is 49.9 Å². The Morgan fingerprint density at radius 1 is 1.00 bits per heavy atom. The highest BCUT2D eigenvalue weighted by atomic mass is 16.5. The normalized spacial score (nSPS) is 12.6. The summed E-state index contributed by atoms with van der Waals surface area (Å²) in [5, 5.41) is 10.3. The number of benzene rings is 2. The molecule has 3 nitrogen and oxygen atoms in total. The number of nitrogens with zero attached hydrogens (tertiary/aromatic N) is 1. The predicted octanol–water partition coefficient (Wildman–Crippen LogP) is 3.65. The largest absolute Gasteiger partial charge is 0.491 e. The highest BCUT2D eigenvalue weighted by molar-refractivity contribution is 5.22. The van der Waals surface area contributed by atoms with Crippen molar-refractivity contribution in [1.82, 2.24) is 4.90 Å². The lowest BCUT2D eigenvalue weighted by atomic mass is 10.1. The molecule has 0 aromatic heterocycles. The smallest absolute Gasteiger partial charge is 0.119 e. The maximum atomic E-state index is 10.3. The lowest BCUT2D eigenvalue weighted by Crippen LogP contribution is -2.39. The molecule has 0 radical (unpaired) electrons. The molecule has 0 aliphatic heterocycles. The lowest BCUT2D eigenvalue weighted by Gasteiger charge is -2.29. The standard InChI is InChI=1S/C20H27NO2/c1-16(2)21(13-18-11-9-17(3)10-12-18)14-19(22)15-23-20-7-5-4-6-8-20/h4-12,16,19,22H,13-15H2,1-3H3. The molecule has 1 atom stereocenters. The van der Waals surface area contributed by atoms with E-state index < -0.39 is 6.10 Å². The van der Waals surface area contributed by atoms with Crippen LogP contribution in [0.15, 0.2) is 54.6 Å². The Bertz CT molecular complexity index is 566. The fourth-order valence-corrected chi connectivity index (χ4v) is 2.42. The van der Waals surface area contributed by atoms with Crippen molar-refractivity contribution in [2.75, 3.05) is 13.2 Å². The third-order valence-corrected chi connectivity index (χ3v) is 3.87. The summed E-state index contributed by atoms with van der Waals surface area (Å²) in [6.45, 7) is 8.13. The zero-order valence-corrected chi connectivity index (χ0v) is 14.3. The minimum absolute atomic E-state index is 0.307. The maximum Gasteiger partial charge on any atom is 0.119 e. The van der Waals surface area contributed by atoms with Crippen molar-refractivity contribution >= 4 is 0 Å². The van der Waals surface area contributed by atoms with Crippen LogP contribution in [0.2, 0.25) is 0 Å². The molecule has 0 saturated carbocycles. The molecule has 1 N–H and O–H groups in total. The van der Waals surface area contributed by atoms with Crippen LogP contribution in [0.5, 0.6) is 5.75 Å². The summed E-state index contributed by atoms with van der Waals surface area (Å²) in [6, 6.07) is 18.5. The third kappa shape index (κ3) is 6.05. The van der Waals surface area contributed by atoms with Gasteiger partial charge in [-0.3, -0.25) is 4.90 Å². The molecule has 0 saturated heterocycles. The Hall–Kier alpha value is -1.84. The summed E-state index contributed by atoms with van der Waals surface area (Å²) in [6.07, 6.45) is -0.511. The minimum atomic E-state index is -0.511. The molecule has 0 bridgehead atoms. The van der Waals surface area contributed by atoms with Gasteiger partial charge in [0.25, 0.3) is 0 Å². The first kappa shape index (κ1) is 17.5. The van der Waals surface area contributed by atoms with Gasteiger partial charge in [-0.05, 0) is 38.5 Å². The molecular weight excluding hydrogens is 286 g/mol. The molecule has 2 rings (SSSR count). The number of aliphatic hydroxyl groups is 1. The van der Waals surface area contributed by atoms with Crippen LogP contribution >= 0.6 is 0 Å². The van der Waals surface area contributed by atoms with Crippen LogP contribution in [-0.4, -0.2) is 35.3 Å². The van der Waals surface area contributed by atoms with Crippen LogP contribution in [0.4, 0.5) is 0 Å². The number of hydrogen-bond acceptors (Lipinski definition) is 3. The molecular formula is C20H27NO2. The fraction of sp³-hybridized carbons (Fsp3) is 0.400. The van der Waals surface area contributed by atoms with Crippen LogP contribution in [0.1, 0.15) is 25.0 Å². The highest BCUT2D eigenvalue weighted by Gasteiger charge is 2.16. The molecule has 0 aliphatic rings. The van der Waals surface area contributed by atoms with E-state index in [1.165, 1.54) is 11.1 Å². The van der Waals surface area contributed by atoms with Crippen molar-refractivity contribution in [2.24, 2.45) is 0 Å². The Balaban J connectivity index is 1.86. The summed E-state index contributed by atoms with van der Waals surface area (Å²) >= 11 is 0. The Labute approximate surface area is 139 Å². The van der Waals surface area contributed by atoms with E-state index in [0.717, 1.165) is 12.3 Å². The van der Waals surface area contributed by atoms with Crippen LogP contribution < -0.4 is 4.74 Å². The van der Waals surface area contributed by atoms with Crippen LogP contribution in [-0.2, 0) is 6.54 Å². The van der Waals surface area contributed by atoms with Crippen LogP contribution in [0.3, 0.4) is 0 Å². The molecule has 2 aromatic rings. The van der Waals surface area contributed by atoms with Crippen molar-refractivity contribution in [1.29, 1.82) is 0 Å². The topological polar surface area (TPSA) is 32.7 Å². The van der Waals surface area contributed by atoms with Gasteiger partial charge in [-0.25, -0.2) is 0 Å². The SMILES string of the molecule is Cc1ccc(CN(CC(O)COc2ccccc2)C(C)C)cc1. The van der Waals surface area contributed by atoms with Crippen molar-refractivity contribution < 1.29 is 9.84 Å². The van der Waals surface area contributed by atoms with Gasteiger partial charge in [-0.15, -0.1) is 0 Å². The summed E-state index contributed by atoms with van der Waals surface area (Å²) in [5.74, 6) is 0.793. The number of aliphatic hydroxyl groups excluding tert-OH is 1. The van der Waals surface area contributed by atoms with Gasteiger partial charge in [-0.1, -0.05) is 48.0 Å². The lowest BCUT2D eigenvalue weighted by molar-refractivity contribution is 0.0543. The van der Waals surface area contributed by atoms with Crippen molar-refractivity contribution in [3.05, 3.63) is 65.7 Å². The molecule has 0 heterocycles. The first-order chi connectivity index (χ1) is 11.0. The average Bonchev–Trinajstić information content (AvgIpc) is 2.55. The number of hydrogen-bond donors (Lipinski definition) is 1. The summed E-state index contributed by atoms with van der Waals surface area (Å²) < 4.78 is 5.64. The number of ether oxygens (including phenoxy) is 1. The molecule has 0 fully saturated rings. The molecule has 0 aliphatic carbocycles. The van der Waals surface area contributed by atoms with E-state index in [9.17, 15) is 5.11 Å². The van der Waals surface area contributed by atoms with E-state index in [1.807, 2.05) is 30.3 Å². The summed E-state index contributed by atoms with van der Waals surface area (Å²) in [4.78, 5) is 2.27. The summed E-state index contributed by atoms with van der Waals surface area (Å²) in [7, 11) is 0. The Kier molecular flexibility index (Phi) is 6.63. The average molecular weight is 313 g/mol. The van der Waals surface area contributed by atoms with E-state index in [-0.39, 0.29) is 0 Å². The third-order valence-electron chi connectivity index (χ3n) is 3.87. The van der Waals surface area contributed by atoms with Gasteiger partial charge in [0.05, 0.1) is 0 Å². The molecule has 3 heteroatoms. The van der Waals surface area contributed by atoms with Gasteiger partial charge in [0.2, 0.25) is 0 Å². The highest BCUT2D eigenvalue weighted by Crippen LogP contribution is 2.12. The quantitative estimate of drug-likeness (QED) is 0.807. The second kappa shape index (κ2) is 8.70. The van der Waals surface area contributed by atoms with E-state index in [4.69, 9.17) is 4.74 Å². The van der Waals surface area contributed by atoms with E-state index in [1.54, 1.807) is 0 Å². The van der Waals surface area contributed by atoms with Crippen LogP contribution in [0.25, 0.3) is 0 Å².